The fraction of sp³-hybridized carbons (Fsp3) is 0.421. The summed E-state index contributed by atoms with van der Waals surface area (Å²) >= 11 is 1.50. The molecular formula is C19H24N2O4S2. The molecule has 0 aliphatic carbocycles. The Bertz CT molecular complexity index is 908. The minimum Gasteiger partial charge on any atom is -0.383 e. The molecule has 1 amide bonds. The summed E-state index contributed by atoms with van der Waals surface area (Å²) in [6.07, 6.45) is -0.437. The van der Waals surface area contributed by atoms with Gasteiger partial charge in [0.05, 0.1) is 4.90 Å². The van der Waals surface area contributed by atoms with Crippen molar-refractivity contribution < 1.29 is 18.3 Å². The lowest BCUT2D eigenvalue weighted by atomic mass is 9.98. The monoisotopic (exact) mass is 408 g/mol. The highest BCUT2D eigenvalue weighted by Crippen LogP contribution is 2.24. The molecule has 0 radical (unpaired) electrons. The van der Waals surface area contributed by atoms with Crippen LogP contribution in [0.2, 0.25) is 0 Å². The molecule has 0 unspecified atom stereocenters. The van der Waals surface area contributed by atoms with Gasteiger partial charge in [-0.25, -0.2) is 13.1 Å². The third-order valence-corrected chi connectivity index (χ3v) is 6.99. The summed E-state index contributed by atoms with van der Waals surface area (Å²) in [5.74, 6) is -0.411. The summed E-state index contributed by atoms with van der Waals surface area (Å²) < 4.78 is 27.7. The lowest BCUT2D eigenvalue weighted by molar-refractivity contribution is -0.143. The van der Waals surface area contributed by atoms with Gasteiger partial charge in [-0.2, -0.15) is 0 Å². The average Bonchev–Trinajstić information content (AvgIpc) is 3.18. The van der Waals surface area contributed by atoms with Crippen molar-refractivity contribution in [2.45, 2.75) is 44.4 Å². The van der Waals surface area contributed by atoms with E-state index in [4.69, 9.17) is 0 Å². The number of carbonyl (C=O) groups excluding carboxylic acids is 1. The third-order valence-electron chi connectivity index (χ3n) is 4.71. The summed E-state index contributed by atoms with van der Waals surface area (Å²) in [4.78, 5) is 15.2. The van der Waals surface area contributed by atoms with Gasteiger partial charge >= 0.3 is 0 Å². The first-order valence-corrected chi connectivity index (χ1v) is 11.2. The third kappa shape index (κ3) is 4.57. The molecule has 2 heterocycles. The van der Waals surface area contributed by atoms with Gasteiger partial charge in [-0.3, -0.25) is 4.79 Å². The van der Waals surface area contributed by atoms with E-state index in [0.717, 1.165) is 16.0 Å². The number of benzene rings is 1. The highest BCUT2D eigenvalue weighted by molar-refractivity contribution is 7.89. The highest BCUT2D eigenvalue weighted by Gasteiger charge is 2.28. The Morgan fingerprint density at radius 2 is 2.07 bits per heavy atom. The molecule has 0 fully saturated rings. The smallest absolute Gasteiger partial charge is 0.251 e. The second-order valence-electron chi connectivity index (χ2n) is 7.03. The lowest BCUT2D eigenvalue weighted by Gasteiger charge is -2.31. The molecule has 146 valence electrons. The predicted molar refractivity (Wildman–Crippen MR) is 105 cm³/mol. The second kappa shape index (κ2) is 8.10. The zero-order chi connectivity index (χ0) is 19.6. The van der Waals surface area contributed by atoms with E-state index >= 15 is 0 Å². The summed E-state index contributed by atoms with van der Waals surface area (Å²) in [6, 6.07) is 8.79. The molecule has 1 aliphatic rings. The number of hydrogen-bond acceptors (Lipinski definition) is 5. The molecular weight excluding hydrogens is 384 g/mol. The first-order chi connectivity index (χ1) is 12.8. The number of aliphatic hydroxyl groups excluding tert-OH is 1. The summed E-state index contributed by atoms with van der Waals surface area (Å²) in [7, 11) is -3.59. The normalized spacial score (nSPS) is 15.6. The number of nitrogens with one attached hydrogen (secondary N) is 1. The number of amides is 1. The van der Waals surface area contributed by atoms with Gasteiger partial charge in [0, 0.05) is 24.5 Å². The average molecular weight is 409 g/mol. The van der Waals surface area contributed by atoms with Gasteiger partial charge in [-0.1, -0.05) is 26.0 Å². The fourth-order valence-electron chi connectivity index (χ4n) is 3.02. The van der Waals surface area contributed by atoms with Crippen LogP contribution in [0.25, 0.3) is 0 Å². The van der Waals surface area contributed by atoms with Crippen LogP contribution in [0.4, 0.5) is 0 Å². The maximum Gasteiger partial charge on any atom is 0.251 e. The van der Waals surface area contributed by atoms with E-state index in [1.165, 1.54) is 11.3 Å². The van der Waals surface area contributed by atoms with Crippen molar-refractivity contribution >= 4 is 27.3 Å². The number of rotatable bonds is 6. The molecule has 27 heavy (non-hydrogen) atoms. The molecule has 8 heteroatoms. The lowest BCUT2D eigenvalue weighted by Crippen LogP contribution is -2.44. The summed E-state index contributed by atoms with van der Waals surface area (Å²) in [5, 5.41) is 11.9. The largest absolute Gasteiger partial charge is 0.383 e. The molecule has 0 saturated heterocycles. The number of thiophene rings is 1. The van der Waals surface area contributed by atoms with Crippen LogP contribution in [-0.2, 0) is 34.3 Å². The van der Waals surface area contributed by atoms with Crippen molar-refractivity contribution in [3.8, 4) is 0 Å². The number of nitrogens with zero attached hydrogens (tertiary/aromatic N) is 1. The molecule has 3 rings (SSSR count). The Hall–Kier alpha value is -1.74. The maximum atomic E-state index is 12.5. The fourth-order valence-corrected chi connectivity index (χ4v) is 4.81. The van der Waals surface area contributed by atoms with Crippen molar-refractivity contribution in [3.63, 3.8) is 0 Å². The van der Waals surface area contributed by atoms with Gasteiger partial charge in [-0.15, -0.1) is 11.3 Å². The number of fused-ring (bicyclic) bond motifs is 1. The van der Waals surface area contributed by atoms with E-state index in [1.54, 1.807) is 36.9 Å². The maximum absolute atomic E-state index is 12.5. The van der Waals surface area contributed by atoms with Gasteiger partial charge in [0.1, 0.15) is 6.10 Å². The number of hydrogen-bond donors (Lipinski definition) is 2. The van der Waals surface area contributed by atoms with Crippen LogP contribution in [0.5, 0.6) is 0 Å². The quantitative estimate of drug-likeness (QED) is 0.767. The van der Waals surface area contributed by atoms with Gasteiger partial charge in [0.2, 0.25) is 10.0 Å². The van der Waals surface area contributed by atoms with Gasteiger partial charge in [0.15, 0.2) is 0 Å². The second-order valence-corrected chi connectivity index (χ2v) is 9.83. The minimum absolute atomic E-state index is 0.138. The number of sulfonamides is 1. The van der Waals surface area contributed by atoms with Crippen molar-refractivity contribution in [1.29, 1.82) is 0 Å². The van der Waals surface area contributed by atoms with E-state index < -0.39 is 16.1 Å². The van der Waals surface area contributed by atoms with E-state index in [0.29, 0.717) is 19.5 Å². The molecule has 1 aromatic carbocycles. The van der Waals surface area contributed by atoms with Crippen molar-refractivity contribution in [1.82, 2.24) is 9.62 Å². The molecule has 6 nitrogen and oxygen atoms in total. The Labute approximate surface area is 163 Å². The van der Waals surface area contributed by atoms with Gasteiger partial charge in [-0.05, 0) is 47.0 Å². The van der Waals surface area contributed by atoms with E-state index in [2.05, 4.69) is 4.72 Å². The van der Waals surface area contributed by atoms with E-state index in [1.807, 2.05) is 17.5 Å². The topological polar surface area (TPSA) is 86.7 Å². The molecule has 2 N–H and O–H groups in total. The zero-order valence-electron chi connectivity index (χ0n) is 15.4. The molecule has 0 spiro atoms. The minimum atomic E-state index is -3.59. The number of aliphatic hydroxyl groups is 1. The Morgan fingerprint density at radius 3 is 2.74 bits per heavy atom. The van der Waals surface area contributed by atoms with Crippen molar-refractivity contribution in [2.75, 3.05) is 6.54 Å². The zero-order valence-corrected chi connectivity index (χ0v) is 17.0. The van der Waals surface area contributed by atoms with Crippen LogP contribution in [0, 0.1) is 5.92 Å². The van der Waals surface area contributed by atoms with Crippen LogP contribution in [0.1, 0.15) is 29.9 Å². The number of carbonyl (C=O) groups is 1. The van der Waals surface area contributed by atoms with Crippen LogP contribution in [-0.4, -0.2) is 37.0 Å². The Morgan fingerprint density at radius 1 is 1.30 bits per heavy atom. The Balaban J connectivity index is 1.72. The molecule has 1 aromatic heterocycles. The van der Waals surface area contributed by atoms with Crippen LogP contribution < -0.4 is 4.72 Å². The molecule has 1 atom stereocenters. The summed E-state index contributed by atoms with van der Waals surface area (Å²) in [5.41, 5.74) is 1.85. The van der Waals surface area contributed by atoms with Crippen molar-refractivity contribution in [2.24, 2.45) is 5.92 Å². The first kappa shape index (κ1) is 20.0. The van der Waals surface area contributed by atoms with Crippen LogP contribution >= 0.6 is 11.3 Å². The first-order valence-electron chi connectivity index (χ1n) is 8.88. The van der Waals surface area contributed by atoms with E-state index in [-0.39, 0.29) is 23.3 Å². The predicted octanol–water partition coefficient (Wildman–Crippen LogP) is 2.13. The SMILES string of the molecule is CC(C)[C@@H](O)C(=O)N1CCc2cc(S(=O)(=O)NCc3cccs3)ccc2C1. The van der Waals surface area contributed by atoms with Gasteiger partial charge < -0.3 is 10.0 Å². The molecule has 1 aliphatic heterocycles. The molecule has 0 bridgehead atoms. The summed E-state index contributed by atoms with van der Waals surface area (Å²) in [6.45, 7) is 4.75. The molecule has 2 aromatic rings. The highest BCUT2D eigenvalue weighted by atomic mass is 32.2. The standard InChI is InChI=1S/C19H24N2O4S2/c1-13(2)18(22)19(23)21-8-7-14-10-17(6-5-15(14)12-21)27(24,25)20-11-16-4-3-9-26-16/h3-6,9-10,13,18,20,22H,7-8,11-12H2,1-2H3/t18-/m1/s1. The molecule has 0 saturated carbocycles. The van der Waals surface area contributed by atoms with Crippen molar-refractivity contribution in [3.05, 3.63) is 51.7 Å². The van der Waals surface area contributed by atoms with Crippen LogP contribution in [0.15, 0.2) is 40.6 Å². The Kier molecular flexibility index (Phi) is 6.00. The van der Waals surface area contributed by atoms with E-state index in [9.17, 15) is 18.3 Å². The van der Waals surface area contributed by atoms with Gasteiger partial charge in [0.25, 0.3) is 5.91 Å². The van der Waals surface area contributed by atoms with Crippen LogP contribution in [0.3, 0.4) is 0 Å².